The third-order valence-corrected chi connectivity index (χ3v) is 5.57. The van der Waals surface area contributed by atoms with E-state index in [0.717, 1.165) is 11.1 Å². The molecule has 1 aromatic carbocycles. The molecular weight excluding hydrogens is 368 g/mol. The standard InChI is InChI=1S/C22H24N4O3/c1-16-3-2-4-17(13-16)14-25-15-20(27)26-12-11-24(10-7-19(26)22(25)29)21(28)18-5-8-23-9-6-18/h2-6,8-9,13,19H,7,10-12,14-15H2,1H3. The second kappa shape index (κ2) is 8.03. The van der Waals surface area contributed by atoms with Crippen LogP contribution in [0.3, 0.4) is 0 Å². The molecule has 3 amide bonds. The molecule has 2 saturated heterocycles. The van der Waals surface area contributed by atoms with E-state index in [2.05, 4.69) is 4.98 Å². The Morgan fingerprint density at radius 1 is 1.10 bits per heavy atom. The predicted octanol–water partition coefficient (Wildman–Crippen LogP) is 1.48. The zero-order valence-electron chi connectivity index (χ0n) is 16.5. The van der Waals surface area contributed by atoms with Crippen molar-refractivity contribution in [1.29, 1.82) is 0 Å². The first-order chi connectivity index (χ1) is 14.0. The monoisotopic (exact) mass is 392 g/mol. The number of benzene rings is 1. The molecule has 150 valence electrons. The maximum atomic E-state index is 13.1. The van der Waals surface area contributed by atoms with Crippen LogP contribution >= 0.6 is 0 Å². The van der Waals surface area contributed by atoms with E-state index in [0.29, 0.717) is 38.2 Å². The van der Waals surface area contributed by atoms with Crippen molar-refractivity contribution in [3.8, 4) is 0 Å². The van der Waals surface area contributed by atoms with Gasteiger partial charge in [0.2, 0.25) is 11.8 Å². The molecule has 7 heteroatoms. The highest BCUT2D eigenvalue weighted by Crippen LogP contribution is 2.22. The van der Waals surface area contributed by atoms with Gasteiger partial charge in [0.05, 0.1) is 0 Å². The lowest BCUT2D eigenvalue weighted by molar-refractivity contribution is -0.156. The number of hydrogen-bond acceptors (Lipinski definition) is 4. The molecule has 2 fully saturated rings. The van der Waals surface area contributed by atoms with E-state index in [1.165, 1.54) is 0 Å². The number of piperazine rings is 1. The Bertz CT molecular complexity index is 931. The number of rotatable bonds is 3. The van der Waals surface area contributed by atoms with Crippen molar-refractivity contribution in [2.75, 3.05) is 26.2 Å². The molecule has 4 rings (SSSR count). The molecule has 0 bridgehead atoms. The average Bonchev–Trinajstić information content (AvgIpc) is 2.96. The lowest BCUT2D eigenvalue weighted by atomic mass is 10.1. The van der Waals surface area contributed by atoms with Gasteiger partial charge < -0.3 is 14.7 Å². The molecule has 3 heterocycles. The fourth-order valence-electron chi connectivity index (χ4n) is 4.07. The molecule has 0 aliphatic carbocycles. The summed E-state index contributed by atoms with van der Waals surface area (Å²) in [5.41, 5.74) is 2.71. The minimum atomic E-state index is -0.503. The lowest BCUT2D eigenvalue weighted by Crippen LogP contribution is -2.59. The van der Waals surface area contributed by atoms with Crippen LogP contribution in [-0.4, -0.2) is 69.6 Å². The largest absolute Gasteiger partial charge is 0.337 e. The number of aryl methyl sites for hydroxylation is 1. The topological polar surface area (TPSA) is 73.8 Å². The Balaban J connectivity index is 1.48. The molecule has 1 atom stereocenters. The minimum Gasteiger partial charge on any atom is -0.337 e. The maximum absolute atomic E-state index is 13.1. The summed E-state index contributed by atoms with van der Waals surface area (Å²) < 4.78 is 0. The zero-order chi connectivity index (χ0) is 20.4. The molecule has 0 spiro atoms. The molecule has 29 heavy (non-hydrogen) atoms. The highest BCUT2D eigenvalue weighted by Gasteiger charge is 2.41. The number of fused-ring (bicyclic) bond motifs is 1. The maximum Gasteiger partial charge on any atom is 0.254 e. The van der Waals surface area contributed by atoms with Crippen molar-refractivity contribution in [3.05, 3.63) is 65.5 Å². The van der Waals surface area contributed by atoms with Crippen LogP contribution in [0.15, 0.2) is 48.8 Å². The highest BCUT2D eigenvalue weighted by molar-refractivity contribution is 5.96. The second-order valence-electron chi connectivity index (χ2n) is 7.60. The summed E-state index contributed by atoms with van der Waals surface area (Å²) in [5.74, 6) is -0.187. The second-order valence-corrected chi connectivity index (χ2v) is 7.60. The molecule has 2 aromatic rings. The number of carbonyl (C=O) groups excluding carboxylic acids is 3. The van der Waals surface area contributed by atoms with Gasteiger partial charge in [0.1, 0.15) is 12.6 Å². The van der Waals surface area contributed by atoms with Gasteiger partial charge in [0.25, 0.3) is 5.91 Å². The average molecular weight is 392 g/mol. The van der Waals surface area contributed by atoms with Crippen LogP contribution in [0.5, 0.6) is 0 Å². The van der Waals surface area contributed by atoms with Crippen molar-refractivity contribution >= 4 is 17.7 Å². The van der Waals surface area contributed by atoms with E-state index in [1.807, 2.05) is 31.2 Å². The van der Waals surface area contributed by atoms with Crippen molar-refractivity contribution < 1.29 is 14.4 Å². The first kappa shape index (κ1) is 19.1. The molecular formula is C22H24N4O3. The van der Waals surface area contributed by atoms with Crippen LogP contribution in [-0.2, 0) is 16.1 Å². The summed E-state index contributed by atoms with van der Waals surface area (Å²) in [5, 5.41) is 0. The third kappa shape index (κ3) is 3.99. The number of nitrogens with zero attached hydrogens (tertiary/aromatic N) is 4. The number of pyridine rings is 1. The Labute approximate surface area is 169 Å². The van der Waals surface area contributed by atoms with Gasteiger partial charge in [-0.3, -0.25) is 19.4 Å². The van der Waals surface area contributed by atoms with Crippen LogP contribution < -0.4 is 0 Å². The van der Waals surface area contributed by atoms with Crippen molar-refractivity contribution in [2.45, 2.75) is 25.9 Å². The quantitative estimate of drug-likeness (QED) is 0.793. The van der Waals surface area contributed by atoms with Crippen molar-refractivity contribution in [2.24, 2.45) is 0 Å². The SMILES string of the molecule is Cc1cccc(CN2CC(=O)N3CCN(C(=O)c4ccncc4)CCC3C2=O)c1. The number of aromatic nitrogens is 1. The van der Waals surface area contributed by atoms with E-state index < -0.39 is 6.04 Å². The molecule has 1 aromatic heterocycles. The van der Waals surface area contributed by atoms with Gasteiger partial charge in [0, 0.05) is 44.1 Å². The van der Waals surface area contributed by atoms with E-state index in [1.54, 1.807) is 39.2 Å². The number of carbonyl (C=O) groups is 3. The van der Waals surface area contributed by atoms with Crippen molar-refractivity contribution in [1.82, 2.24) is 19.7 Å². The summed E-state index contributed by atoms with van der Waals surface area (Å²) in [6.07, 6.45) is 3.63. The minimum absolute atomic E-state index is 0.0377. The summed E-state index contributed by atoms with van der Waals surface area (Å²) >= 11 is 0. The first-order valence-corrected chi connectivity index (χ1v) is 9.86. The molecule has 2 aliphatic rings. The van der Waals surface area contributed by atoms with Gasteiger partial charge in [-0.15, -0.1) is 0 Å². The van der Waals surface area contributed by atoms with E-state index in [-0.39, 0.29) is 24.3 Å². The molecule has 2 aliphatic heterocycles. The predicted molar refractivity (Wildman–Crippen MR) is 107 cm³/mol. The van der Waals surface area contributed by atoms with Gasteiger partial charge in [-0.1, -0.05) is 29.8 Å². The summed E-state index contributed by atoms with van der Waals surface area (Å²) in [4.78, 5) is 47.6. The molecule has 0 N–H and O–H groups in total. The number of hydrogen-bond donors (Lipinski definition) is 0. The van der Waals surface area contributed by atoms with Crippen LogP contribution in [0.4, 0.5) is 0 Å². The fraction of sp³-hybridized carbons (Fsp3) is 0.364. The number of amides is 3. The molecule has 0 radical (unpaired) electrons. The van der Waals surface area contributed by atoms with Gasteiger partial charge >= 0.3 is 0 Å². The molecule has 0 saturated carbocycles. The molecule has 7 nitrogen and oxygen atoms in total. The fourth-order valence-corrected chi connectivity index (χ4v) is 4.07. The van der Waals surface area contributed by atoms with Crippen LogP contribution in [0.25, 0.3) is 0 Å². The Morgan fingerprint density at radius 2 is 1.90 bits per heavy atom. The van der Waals surface area contributed by atoms with Gasteiger partial charge in [0.15, 0.2) is 0 Å². The smallest absolute Gasteiger partial charge is 0.254 e. The van der Waals surface area contributed by atoms with Gasteiger partial charge in [-0.25, -0.2) is 0 Å². The van der Waals surface area contributed by atoms with E-state index in [4.69, 9.17) is 0 Å². The van der Waals surface area contributed by atoms with E-state index >= 15 is 0 Å². The summed E-state index contributed by atoms with van der Waals surface area (Å²) in [6.45, 7) is 3.77. The normalized spacial score (nSPS) is 19.8. The van der Waals surface area contributed by atoms with Gasteiger partial charge in [-0.2, -0.15) is 0 Å². The van der Waals surface area contributed by atoms with Crippen LogP contribution in [0.2, 0.25) is 0 Å². The van der Waals surface area contributed by atoms with Gasteiger partial charge in [-0.05, 0) is 31.0 Å². The first-order valence-electron chi connectivity index (χ1n) is 9.86. The van der Waals surface area contributed by atoms with Crippen molar-refractivity contribution in [3.63, 3.8) is 0 Å². The third-order valence-electron chi connectivity index (χ3n) is 5.57. The highest BCUT2D eigenvalue weighted by atomic mass is 16.2. The van der Waals surface area contributed by atoms with Crippen LogP contribution in [0.1, 0.15) is 27.9 Å². The van der Waals surface area contributed by atoms with Crippen LogP contribution in [0, 0.1) is 6.92 Å². The Hall–Kier alpha value is -3.22. The zero-order valence-corrected chi connectivity index (χ0v) is 16.5. The lowest BCUT2D eigenvalue weighted by Gasteiger charge is -2.39. The summed E-state index contributed by atoms with van der Waals surface area (Å²) in [6, 6.07) is 10.8. The molecule has 1 unspecified atom stereocenters. The Kier molecular flexibility index (Phi) is 5.29. The Morgan fingerprint density at radius 3 is 2.66 bits per heavy atom. The van der Waals surface area contributed by atoms with E-state index in [9.17, 15) is 14.4 Å². The summed E-state index contributed by atoms with van der Waals surface area (Å²) in [7, 11) is 0.